The third-order valence-electron chi connectivity index (χ3n) is 5.98. The van der Waals surface area contributed by atoms with Gasteiger partial charge in [0.15, 0.2) is 0 Å². The van der Waals surface area contributed by atoms with E-state index in [0.717, 1.165) is 32.5 Å². The zero-order valence-electron chi connectivity index (χ0n) is 16.6. The lowest BCUT2D eigenvalue weighted by atomic mass is 10.1. The highest BCUT2D eigenvalue weighted by Gasteiger charge is 2.42. The van der Waals surface area contributed by atoms with Gasteiger partial charge in [0.05, 0.1) is 17.3 Å². The molecule has 2 atom stereocenters. The van der Waals surface area contributed by atoms with Crippen molar-refractivity contribution in [2.75, 3.05) is 19.6 Å². The van der Waals surface area contributed by atoms with E-state index in [1.165, 1.54) is 19.2 Å². The summed E-state index contributed by atoms with van der Waals surface area (Å²) in [5, 5.41) is 3.12. The van der Waals surface area contributed by atoms with Crippen LogP contribution in [0.5, 0.6) is 0 Å². The second-order valence-electron chi connectivity index (χ2n) is 7.59. The summed E-state index contributed by atoms with van der Waals surface area (Å²) in [6.45, 7) is 8.04. The van der Waals surface area contributed by atoms with Crippen LogP contribution in [0.15, 0.2) is 12.5 Å². The predicted molar refractivity (Wildman–Crippen MR) is 103 cm³/mol. The highest BCUT2D eigenvalue weighted by molar-refractivity contribution is 5.95. The molecule has 0 spiro atoms. The number of nitrogens with zero attached hydrogens (tertiary/aromatic N) is 4. The third-order valence-corrected chi connectivity index (χ3v) is 5.98. The van der Waals surface area contributed by atoms with Crippen LogP contribution in [0.3, 0.4) is 0 Å². The molecule has 1 saturated heterocycles. The number of aryl methyl sites for hydroxylation is 1. The number of carbonyl (C=O) groups is 2. The van der Waals surface area contributed by atoms with Crippen molar-refractivity contribution < 1.29 is 9.59 Å². The minimum Gasteiger partial charge on any atom is -0.348 e. The van der Waals surface area contributed by atoms with E-state index < -0.39 is 0 Å². The van der Waals surface area contributed by atoms with Gasteiger partial charge < -0.3 is 10.2 Å². The number of hydrogen-bond donors (Lipinski definition) is 1. The summed E-state index contributed by atoms with van der Waals surface area (Å²) < 4.78 is 0. The second-order valence-corrected chi connectivity index (χ2v) is 7.59. The molecule has 0 bridgehead atoms. The number of nitrogens with one attached hydrogen (secondary N) is 1. The average Bonchev–Trinajstić information content (AvgIpc) is 3.32. The number of amides is 2. The Morgan fingerprint density at radius 3 is 2.59 bits per heavy atom. The number of likely N-dealkylation sites (N-methyl/N-ethyl adjacent to an activating group) is 1. The van der Waals surface area contributed by atoms with E-state index in [1.807, 2.05) is 25.7 Å². The molecule has 3 rings (SSSR count). The number of aromatic nitrogens is 2. The Bertz CT molecular complexity index is 670. The normalized spacial score (nSPS) is 23.5. The first-order chi connectivity index (χ1) is 13.0. The van der Waals surface area contributed by atoms with Crippen LogP contribution in [0.2, 0.25) is 0 Å². The Hall–Kier alpha value is -2.02. The molecule has 2 amide bonds. The Morgan fingerprint density at radius 1 is 1.26 bits per heavy atom. The Balaban J connectivity index is 1.73. The van der Waals surface area contributed by atoms with Gasteiger partial charge in [0.2, 0.25) is 5.91 Å². The fraction of sp³-hybridized carbons (Fsp3) is 0.700. The van der Waals surface area contributed by atoms with E-state index in [4.69, 9.17) is 0 Å². The molecule has 7 heteroatoms. The molecule has 2 heterocycles. The zero-order valence-corrected chi connectivity index (χ0v) is 16.6. The molecule has 1 saturated carbocycles. The second kappa shape index (κ2) is 8.78. The molecule has 0 aromatic carbocycles. The first-order valence-electron chi connectivity index (χ1n) is 10.2. The van der Waals surface area contributed by atoms with Gasteiger partial charge in [-0.25, -0.2) is 9.97 Å². The van der Waals surface area contributed by atoms with Crippen LogP contribution in [0, 0.1) is 6.92 Å². The maximum absolute atomic E-state index is 13.1. The molecule has 1 N–H and O–H groups in total. The van der Waals surface area contributed by atoms with Crippen LogP contribution in [0.25, 0.3) is 0 Å². The summed E-state index contributed by atoms with van der Waals surface area (Å²) in [7, 11) is 0. The maximum Gasteiger partial charge on any atom is 0.254 e. The van der Waals surface area contributed by atoms with Crippen LogP contribution in [0.4, 0.5) is 0 Å². The zero-order chi connectivity index (χ0) is 19.4. The lowest BCUT2D eigenvalue weighted by Gasteiger charge is -2.32. The monoisotopic (exact) mass is 373 g/mol. The lowest BCUT2D eigenvalue weighted by Crippen LogP contribution is -2.48. The van der Waals surface area contributed by atoms with E-state index in [2.05, 4.69) is 20.2 Å². The standard InChI is InChI=1S/C20H31N5O2/c1-4-24(5-2)20(27)18-10-15(12-25(18)16-8-6-7-9-16)23-19(26)17-11-21-13-22-14(17)3/h11,13,15-16,18H,4-10,12H2,1-3H3,(H,23,26)/t15-,18+/m1/s1. The van der Waals surface area contributed by atoms with E-state index in [-0.39, 0.29) is 23.9 Å². The maximum atomic E-state index is 13.1. The van der Waals surface area contributed by atoms with E-state index >= 15 is 0 Å². The van der Waals surface area contributed by atoms with Crippen molar-refractivity contribution in [3.05, 3.63) is 23.8 Å². The van der Waals surface area contributed by atoms with Gasteiger partial charge in [-0.2, -0.15) is 0 Å². The first-order valence-corrected chi connectivity index (χ1v) is 10.2. The fourth-order valence-corrected chi connectivity index (χ4v) is 4.47. The molecular weight excluding hydrogens is 342 g/mol. The lowest BCUT2D eigenvalue weighted by molar-refractivity contribution is -0.136. The molecule has 1 aromatic rings. The molecule has 27 heavy (non-hydrogen) atoms. The summed E-state index contributed by atoms with van der Waals surface area (Å²) in [5.74, 6) is 0.0447. The Kier molecular flexibility index (Phi) is 6.42. The van der Waals surface area contributed by atoms with Gasteiger partial charge in [-0.15, -0.1) is 0 Å². The topological polar surface area (TPSA) is 78.4 Å². The van der Waals surface area contributed by atoms with Gasteiger partial charge in [0.25, 0.3) is 5.91 Å². The van der Waals surface area contributed by atoms with Crippen molar-refractivity contribution in [2.45, 2.75) is 71.0 Å². The Morgan fingerprint density at radius 2 is 1.96 bits per heavy atom. The predicted octanol–water partition coefficient (Wildman–Crippen LogP) is 1.77. The fourth-order valence-electron chi connectivity index (χ4n) is 4.47. The van der Waals surface area contributed by atoms with Gasteiger partial charge in [0.1, 0.15) is 6.33 Å². The van der Waals surface area contributed by atoms with Crippen LogP contribution in [-0.4, -0.2) is 69.3 Å². The SMILES string of the molecule is CCN(CC)C(=O)[C@@H]1C[C@@H](NC(=O)c2cncnc2C)CN1C1CCCC1. The summed E-state index contributed by atoms with van der Waals surface area (Å²) in [6.07, 6.45) is 8.42. The minimum absolute atomic E-state index is 0.0257. The average molecular weight is 374 g/mol. The summed E-state index contributed by atoms with van der Waals surface area (Å²) in [4.78, 5) is 38.1. The van der Waals surface area contributed by atoms with Gasteiger partial charge >= 0.3 is 0 Å². The van der Waals surface area contributed by atoms with E-state index in [0.29, 0.717) is 23.7 Å². The summed E-state index contributed by atoms with van der Waals surface area (Å²) in [5.41, 5.74) is 1.17. The molecule has 0 radical (unpaired) electrons. The molecule has 7 nitrogen and oxygen atoms in total. The van der Waals surface area contributed by atoms with E-state index in [9.17, 15) is 9.59 Å². The minimum atomic E-state index is -0.152. The van der Waals surface area contributed by atoms with Crippen molar-refractivity contribution in [1.29, 1.82) is 0 Å². The molecule has 1 aliphatic carbocycles. The van der Waals surface area contributed by atoms with Gasteiger partial charge in [-0.05, 0) is 40.0 Å². The molecule has 1 aliphatic heterocycles. The van der Waals surface area contributed by atoms with Crippen molar-refractivity contribution in [3.63, 3.8) is 0 Å². The molecule has 148 valence electrons. The van der Waals surface area contributed by atoms with Crippen LogP contribution in [0.1, 0.15) is 62.0 Å². The molecule has 2 aliphatic rings. The van der Waals surface area contributed by atoms with Crippen LogP contribution >= 0.6 is 0 Å². The number of likely N-dealkylation sites (tertiary alicyclic amines) is 1. The first kappa shape index (κ1) is 19.7. The molecule has 2 fully saturated rings. The molecule has 0 unspecified atom stereocenters. The quantitative estimate of drug-likeness (QED) is 0.822. The van der Waals surface area contributed by atoms with E-state index in [1.54, 1.807) is 6.20 Å². The third kappa shape index (κ3) is 4.29. The van der Waals surface area contributed by atoms with Crippen LogP contribution < -0.4 is 5.32 Å². The van der Waals surface area contributed by atoms with Crippen molar-refractivity contribution in [2.24, 2.45) is 0 Å². The van der Waals surface area contributed by atoms with Gasteiger partial charge in [-0.1, -0.05) is 12.8 Å². The van der Waals surface area contributed by atoms with Crippen molar-refractivity contribution in [1.82, 2.24) is 25.1 Å². The Labute approximate surface area is 161 Å². The number of rotatable bonds is 6. The van der Waals surface area contributed by atoms with Crippen LogP contribution in [-0.2, 0) is 4.79 Å². The van der Waals surface area contributed by atoms with Gasteiger partial charge in [-0.3, -0.25) is 14.5 Å². The number of hydrogen-bond acceptors (Lipinski definition) is 5. The molecular formula is C20H31N5O2. The number of carbonyl (C=O) groups excluding carboxylic acids is 2. The van der Waals surface area contributed by atoms with Crippen molar-refractivity contribution in [3.8, 4) is 0 Å². The smallest absolute Gasteiger partial charge is 0.254 e. The summed E-state index contributed by atoms with van der Waals surface area (Å²) >= 11 is 0. The molecule has 1 aromatic heterocycles. The summed E-state index contributed by atoms with van der Waals surface area (Å²) in [6, 6.07) is 0.298. The highest BCUT2D eigenvalue weighted by atomic mass is 16.2. The highest BCUT2D eigenvalue weighted by Crippen LogP contribution is 2.31. The van der Waals surface area contributed by atoms with Crippen molar-refractivity contribution >= 4 is 11.8 Å². The van der Waals surface area contributed by atoms with Gasteiger partial charge in [0, 0.05) is 37.9 Å². The largest absolute Gasteiger partial charge is 0.348 e.